The first-order chi connectivity index (χ1) is 6.48. The van der Waals surface area contributed by atoms with E-state index in [0.717, 1.165) is 5.69 Å². The summed E-state index contributed by atoms with van der Waals surface area (Å²) < 4.78 is 24.1. The Kier molecular flexibility index (Phi) is 2.02. The summed E-state index contributed by atoms with van der Waals surface area (Å²) in [5.41, 5.74) is 7.02. The Labute approximate surface area is 82.8 Å². The summed E-state index contributed by atoms with van der Waals surface area (Å²) in [5, 5.41) is 4.18. The standard InChI is InChI=1S/C8H13N3O2S/c1-6-8(9)4-11(10-6)7-2-3-14(12,13)5-7/h4,7H,2-3,5,9H2,1H3/t7-/m1/s1. The third-order valence-electron chi connectivity index (χ3n) is 2.54. The fraction of sp³-hybridized carbons (Fsp3) is 0.625. The van der Waals surface area contributed by atoms with Crippen LogP contribution in [0, 0.1) is 6.92 Å². The Morgan fingerprint density at radius 2 is 2.36 bits per heavy atom. The molecule has 5 nitrogen and oxygen atoms in total. The zero-order valence-electron chi connectivity index (χ0n) is 7.97. The van der Waals surface area contributed by atoms with Crippen LogP contribution in [0.1, 0.15) is 18.2 Å². The molecule has 1 saturated heterocycles. The maximum atomic E-state index is 11.2. The lowest BCUT2D eigenvalue weighted by Crippen LogP contribution is -2.11. The van der Waals surface area contributed by atoms with E-state index < -0.39 is 9.84 Å². The maximum absolute atomic E-state index is 11.2. The Bertz CT molecular complexity index is 430. The van der Waals surface area contributed by atoms with E-state index >= 15 is 0 Å². The highest BCUT2D eigenvalue weighted by Crippen LogP contribution is 2.24. The Hall–Kier alpha value is -1.04. The number of hydrogen-bond acceptors (Lipinski definition) is 4. The van der Waals surface area contributed by atoms with E-state index in [-0.39, 0.29) is 17.5 Å². The van der Waals surface area contributed by atoms with Gasteiger partial charge in [-0.1, -0.05) is 0 Å². The van der Waals surface area contributed by atoms with E-state index in [4.69, 9.17) is 5.73 Å². The first-order valence-corrected chi connectivity index (χ1v) is 6.32. The number of nitrogens with zero attached hydrogens (tertiary/aromatic N) is 2. The lowest BCUT2D eigenvalue weighted by molar-refractivity contribution is 0.497. The first kappa shape index (κ1) is 9.51. The predicted octanol–water partition coefficient (Wildman–Crippen LogP) is 0.133. The molecule has 0 radical (unpaired) electrons. The third-order valence-corrected chi connectivity index (χ3v) is 4.29. The van der Waals surface area contributed by atoms with Gasteiger partial charge in [0.25, 0.3) is 0 Å². The Morgan fingerprint density at radius 1 is 1.64 bits per heavy atom. The summed E-state index contributed by atoms with van der Waals surface area (Å²) >= 11 is 0. The summed E-state index contributed by atoms with van der Waals surface area (Å²) in [5.74, 6) is 0.448. The number of hydrogen-bond donors (Lipinski definition) is 1. The second kappa shape index (κ2) is 2.98. The molecular formula is C8H13N3O2S. The van der Waals surface area contributed by atoms with Gasteiger partial charge in [-0.3, -0.25) is 4.68 Å². The van der Waals surface area contributed by atoms with Crippen molar-refractivity contribution in [1.29, 1.82) is 0 Å². The lowest BCUT2D eigenvalue weighted by Gasteiger charge is -2.06. The van der Waals surface area contributed by atoms with Crippen LogP contribution in [-0.4, -0.2) is 29.7 Å². The average molecular weight is 215 g/mol. The predicted molar refractivity (Wildman–Crippen MR) is 53.7 cm³/mol. The number of sulfone groups is 1. The molecule has 0 aromatic carbocycles. The van der Waals surface area contributed by atoms with Crippen molar-refractivity contribution in [2.24, 2.45) is 0 Å². The van der Waals surface area contributed by atoms with Crippen molar-refractivity contribution in [3.8, 4) is 0 Å². The van der Waals surface area contributed by atoms with Gasteiger partial charge < -0.3 is 5.73 Å². The summed E-state index contributed by atoms with van der Waals surface area (Å²) in [6, 6.07) is -0.0315. The van der Waals surface area contributed by atoms with Crippen LogP contribution in [0.15, 0.2) is 6.20 Å². The van der Waals surface area contributed by atoms with Crippen molar-refractivity contribution in [3.63, 3.8) is 0 Å². The van der Waals surface area contributed by atoms with E-state index in [0.29, 0.717) is 12.1 Å². The van der Waals surface area contributed by atoms with Gasteiger partial charge in [-0.2, -0.15) is 5.10 Å². The van der Waals surface area contributed by atoms with Crippen molar-refractivity contribution in [1.82, 2.24) is 9.78 Å². The molecule has 1 atom stereocenters. The van der Waals surface area contributed by atoms with Crippen LogP contribution in [0.2, 0.25) is 0 Å². The molecule has 1 aliphatic rings. The molecule has 1 fully saturated rings. The van der Waals surface area contributed by atoms with Crippen molar-refractivity contribution in [2.45, 2.75) is 19.4 Å². The molecule has 14 heavy (non-hydrogen) atoms. The SMILES string of the molecule is Cc1nn([C@@H]2CCS(=O)(=O)C2)cc1N. The number of rotatable bonds is 1. The van der Waals surface area contributed by atoms with E-state index in [1.165, 1.54) is 0 Å². The molecule has 1 aliphatic heterocycles. The largest absolute Gasteiger partial charge is 0.396 e. The minimum atomic E-state index is -2.85. The zero-order valence-corrected chi connectivity index (χ0v) is 8.79. The van der Waals surface area contributed by atoms with Gasteiger partial charge in [0.05, 0.1) is 28.9 Å². The summed E-state index contributed by atoms with van der Waals surface area (Å²) in [7, 11) is -2.85. The highest BCUT2D eigenvalue weighted by atomic mass is 32.2. The molecule has 1 aromatic heterocycles. The quantitative estimate of drug-likeness (QED) is 0.722. The molecule has 1 aromatic rings. The van der Waals surface area contributed by atoms with E-state index in [2.05, 4.69) is 5.10 Å². The highest BCUT2D eigenvalue weighted by molar-refractivity contribution is 7.91. The molecule has 0 amide bonds. The molecule has 0 unspecified atom stereocenters. The van der Waals surface area contributed by atoms with Gasteiger partial charge in [0.2, 0.25) is 0 Å². The van der Waals surface area contributed by atoms with Crippen LogP contribution in [-0.2, 0) is 9.84 Å². The number of anilines is 1. The third kappa shape index (κ3) is 1.61. The average Bonchev–Trinajstić information content (AvgIpc) is 2.57. The van der Waals surface area contributed by atoms with Crippen molar-refractivity contribution >= 4 is 15.5 Å². The normalized spacial score (nSPS) is 25.4. The van der Waals surface area contributed by atoms with Crippen LogP contribution in [0.4, 0.5) is 5.69 Å². The monoisotopic (exact) mass is 215 g/mol. The van der Waals surface area contributed by atoms with Crippen molar-refractivity contribution < 1.29 is 8.42 Å². The smallest absolute Gasteiger partial charge is 0.152 e. The second-order valence-corrected chi connectivity index (χ2v) is 5.94. The molecule has 6 heteroatoms. The van der Waals surface area contributed by atoms with Crippen molar-refractivity contribution in [3.05, 3.63) is 11.9 Å². The summed E-state index contributed by atoms with van der Waals surface area (Å²) in [6.45, 7) is 1.81. The molecule has 0 bridgehead atoms. The van der Waals surface area contributed by atoms with E-state index in [1.54, 1.807) is 10.9 Å². The van der Waals surface area contributed by atoms with Gasteiger partial charge in [0.15, 0.2) is 9.84 Å². The molecule has 2 N–H and O–H groups in total. The van der Waals surface area contributed by atoms with Crippen molar-refractivity contribution in [2.75, 3.05) is 17.2 Å². The van der Waals surface area contributed by atoms with Gasteiger partial charge in [0, 0.05) is 6.20 Å². The zero-order chi connectivity index (χ0) is 10.3. The number of nitrogen functional groups attached to an aromatic ring is 1. The van der Waals surface area contributed by atoms with E-state index in [1.807, 2.05) is 6.92 Å². The molecule has 2 heterocycles. The Morgan fingerprint density at radius 3 is 2.79 bits per heavy atom. The van der Waals surface area contributed by atoms with Gasteiger partial charge in [-0.15, -0.1) is 0 Å². The number of aromatic nitrogens is 2. The fourth-order valence-electron chi connectivity index (χ4n) is 1.67. The first-order valence-electron chi connectivity index (χ1n) is 4.49. The van der Waals surface area contributed by atoms with Gasteiger partial charge >= 0.3 is 0 Å². The molecule has 0 saturated carbocycles. The van der Waals surface area contributed by atoms with Crippen LogP contribution < -0.4 is 5.73 Å². The lowest BCUT2D eigenvalue weighted by atomic mass is 10.3. The minimum absolute atomic E-state index is 0.0315. The molecular weight excluding hydrogens is 202 g/mol. The number of aryl methyl sites for hydroxylation is 1. The van der Waals surface area contributed by atoms with Crippen LogP contribution in [0.5, 0.6) is 0 Å². The maximum Gasteiger partial charge on any atom is 0.152 e. The minimum Gasteiger partial charge on any atom is -0.396 e. The van der Waals surface area contributed by atoms with E-state index in [9.17, 15) is 8.42 Å². The van der Waals surface area contributed by atoms with Gasteiger partial charge in [-0.25, -0.2) is 8.42 Å². The van der Waals surface area contributed by atoms with Gasteiger partial charge in [0.1, 0.15) is 0 Å². The van der Waals surface area contributed by atoms with Crippen LogP contribution in [0.25, 0.3) is 0 Å². The van der Waals surface area contributed by atoms with Crippen LogP contribution >= 0.6 is 0 Å². The van der Waals surface area contributed by atoms with Crippen LogP contribution in [0.3, 0.4) is 0 Å². The molecule has 78 valence electrons. The summed E-state index contributed by atoms with van der Waals surface area (Å²) in [4.78, 5) is 0. The molecule has 0 spiro atoms. The highest BCUT2D eigenvalue weighted by Gasteiger charge is 2.29. The molecule has 2 rings (SSSR count). The fourth-order valence-corrected chi connectivity index (χ4v) is 3.37. The Balaban J connectivity index is 2.26. The van der Waals surface area contributed by atoms with Gasteiger partial charge in [-0.05, 0) is 13.3 Å². The number of nitrogens with two attached hydrogens (primary N) is 1. The summed E-state index contributed by atoms with van der Waals surface area (Å²) in [6.07, 6.45) is 2.35. The molecule has 0 aliphatic carbocycles. The topological polar surface area (TPSA) is 78.0 Å². The second-order valence-electron chi connectivity index (χ2n) is 3.71.